The van der Waals surface area contributed by atoms with Gasteiger partial charge in [0.2, 0.25) is 10.0 Å². The third kappa shape index (κ3) is 4.23. The van der Waals surface area contributed by atoms with Crippen molar-refractivity contribution < 1.29 is 17.7 Å². The first-order chi connectivity index (χ1) is 12.2. The summed E-state index contributed by atoms with van der Waals surface area (Å²) >= 11 is 0. The highest BCUT2D eigenvalue weighted by atomic mass is 32.2. The fraction of sp³-hybridized carbons (Fsp3) is 0.611. The number of carbonyl (C=O) groups excluding carboxylic acids is 1. The molecule has 1 N–H and O–H groups in total. The zero-order chi connectivity index (χ0) is 18.9. The molecule has 0 bridgehead atoms. The summed E-state index contributed by atoms with van der Waals surface area (Å²) in [6.45, 7) is 6.23. The van der Waals surface area contributed by atoms with E-state index in [0.717, 1.165) is 19.3 Å². The smallest absolute Gasteiger partial charge is 0.266 e. The number of rotatable bonds is 4. The highest BCUT2D eigenvalue weighted by Gasteiger charge is 2.29. The van der Waals surface area contributed by atoms with Crippen LogP contribution in [0.15, 0.2) is 16.8 Å². The summed E-state index contributed by atoms with van der Waals surface area (Å²) in [5.74, 6) is -0.659. The number of amides is 1. The van der Waals surface area contributed by atoms with Crippen LogP contribution in [0.2, 0.25) is 0 Å². The summed E-state index contributed by atoms with van der Waals surface area (Å²) in [7, 11) is -3.68. The van der Waals surface area contributed by atoms with Crippen molar-refractivity contribution >= 4 is 27.0 Å². The maximum absolute atomic E-state index is 12.5. The molecular weight excluding hydrogens is 354 g/mol. The molecule has 0 aromatic carbocycles. The van der Waals surface area contributed by atoms with Gasteiger partial charge in [-0.1, -0.05) is 45.2 Å². The van der Waals surface area contributed by atoms with Crippen molar-refractivity contribution in [1.29, 1.82) is 0 Å². The maximum Gasteiger partial charge on any atom is 0.266 e. The van der Waals surface area contributed by atoms with Gasteiger partial charge in [0.1, 0.15) is 0 Å². The van der Waals surface area contributed by atoms with E-state index in [2.05, 4.69) is 35.6 Å². The van der Waals surface area contributed by atoms with Gasteiger partial charge in [0.05, 0.1) is 21.9 Å². The molecule has 0 atom stereocenters. The first-order valence-corrected chi connectivity index (χ1v) is 10.5. The average molecular weight is 379 g/mol. The van der Waals surface area contributed by atoms with Crippen LogP contribution < -0.4 is 4.72 Å². The van der Waals surface area contributed by atoms with Crippen molar-refractivity contribution in [3.8, 4) is 0 Å². The van der Waals surface area contributed by atoms with Crippen LogP contribution in [0.3, 0.4) is 0 Å². The molecule has 1 aliphatic carbocycles. The Morgan fingerprint density at radius 2 is 1.96 bits per heavy atom. The van der Waals surface area contributed by atoms with Crippen LogP contribution in [-0.2, 0) is 16.4 Å². The monoisotopic (exact) mass is 379 g/mol. The van der Waals surface area contributed by atoms with Gasteiger partial charge < -0.3 is 4.52 Å². The summed E-state index contributed by atoms with van der Waals surface area (Å²) in [6.07, 6.45) is 5.98. The van der Waals surface area contributed by atoms with E-state index in [1.165, 1.54) is 6.20 Å². The summed E-state index contributed by atoms with van der Waals surface area (Å²) < 4.78 is 32.3. The molecule has 26 heavy (non-hydrogen) atoms. The van der Waals surface area contributed by atoms with E-state index in [9.17, 15) is 13.2 Å². The van der Waals surface area contributed by atoms with Crippen LogP contribution >= 0.6 is 0 Å². The lowest BCUT2D eigenvalue weighted by Gasteiger charge is -2.21. The number of nitrogens with zero attached hydrogens (tertiary/aromatic N) is 2. The van der Waals surface area contributed by atoms with Gasteiger partial charge in [0, 0.05) is 6.20 Å². The summed E-state index contributed by atoms with van der Waals surface area (Å²) in [5.41, 5.74) is 1.24. The first-order valence-electron chi connectivity index (χ1n) is 8.96. The predicted molar refractivity (Wildman–Crippen MR) is 98.2 cm³/mol. The maximum atomic E-state index is 12.5. The number of sulfonamides is 1. The van der Waals surface area contributed by atoms with Gasteiger partial charge in [-0.15, -0.1) is 0 Å². The van der Waals surface area contributed by atoms with Crippen molar-refractivity contribution in [2.24, 2.45) is 5.41 Å². The highest BCUT2D eigenvalue weighted by molar-refractivity contribution is 7.90. The van der Waals surface area contributed by atoms with Crippen molar-refractivity contribution in [2.75, 3.05) is 0 Å². The van der Waals surface area contributed by atoms with E-state index in [1.54, 1.807) is 6.07 Å². The zero-order valence-corrected chi connectivity index (χ0v) is 16.2. The molecule has 0 unspecified atom stereocenters. The number of hydrogen-bond acceptors (Lipinski definition) is 6. The molecule has 8 heteroatoms. The van der Waals surface area contributed by atoms with Gasteiger partial charge in [-0.3, -0.25) is 4.79 Å². The Morgan fingerprint density at radius 3 is 2.62 bits per heavy atom. The van der Waals surface area contributed by atoms with E-state index in [-0.39, 0.29) is 11.0 Å². The average Bonchev–Trinajstić information content (AvgIpc) is 2.96. The standard InChI is InChI=1S/C18H25N3O4S/c1-18(2,3)10-15-14-9-12(11-19-17(14)25-20-15)16(22)21-26(23,24)13-7-5-4-6-8-13/h9,11,13H,4-8,10H2,1-3H3,(H,21,22). The van der Waals surface area contributed by atoms with Gasteiger partial charge in [-0.25, -0.2) is 18.1 Å². The Labute approximate surface area is 153 Å². The fourth-order valence-corrected chi connectivity index (χ4v) is 4.78. The minimum absolute atomic E-state index is 0.00755. The predicted octanol–water partition coefficient (Wildman–Crippen LogP) is 3.20. The SMILES string of the molecule is CC(C)(C)Cc1noc2ncc(C(=O)NS(=O)(=O)C3CCCCC3)cc12. The van der Waals surface area contributed by atoms with Crippen LogP contribution in [0.1, 0.15) is 68.9 Å². The molecule has 3 rings (SSSR count). The van der Waals surface area contributed by atoms with E-state index in [0.29, 0.717) is 36.1 Å². The van der Waals surface area contributed by atoms with Gasteiger partial charge in [-0.2, -0.15) is 0 Å². The fourth-order valence-electron chi connectivity index (χ4n) is 3.28. The van der Waals surface area contributed by atoms with E-state index in [4.69, 9.17) is 4.52 Å². The third-order valence-corrected chi connectivity index (χ3v) is 6.41. The Kier molecular flexibility index (Phi) is 5.05. The molecule has 1 amide bonds. The molecule has 0 aliphatic heterocycles. The second-order valence-electron chi connectivity index (χ2n) is 8.18. The lowest BCUT2D eigenvalue weighted by molar-refractivity contribution is 0.0980. The molecule has 2 aromatic rings. The number of aromatic nitrogens is 2. The Morgan fingerprint density at radius 1 is 1.27 bits per heavy atom. The highest BCUT2D eigenvalue weighted by Crippen LogP contribution is 2.26. The zero-order valence-electron chi connectivity index (χ0n) is 15.4. The summed E-state index contributed by atoms with van der Waals surface area (Å²) in [5, 5.41) is 4.19. The summed E-state index contributed by atoms with van der Waals surface area (Å²) in [6, 6.07) is 1.60. The molecule has 1 saturated carbocycles. The molecule has 0 saturated heterocycles. The van der Waals surface area contributed by atoms with Gasteiger partial charge in [-0.05, 0) is 30.7 Å². The van der Waals surface area contributed by atoms with Crippen molar-refractivity contribution in [1.82, 2.24) is 14.9 Å². The van der Waals surface area contributed by atoms with Gasteiger partial charge >= 0.3 is 0 Å². The topological polar surface area (TPSA) is 102 Å². The molecule has 142 valence electrons. The van der Waals surface area contributed by atoms with Crippen LogP contribution in [0.5, 0.6) is 0 Å². The first kappa shape index (κ1) is 18.8. The Bertz CT molecular complexity index is 906. The Balaban J connectivity index is 1.83. The third-order valence-electron chi connectivity index (χ3n) is 4.59. The normalized spacial score (nSPS) is 16.7. The molecule has 2 aromatic heterocycles. The minimum Gasteiger partial charge on any atom is -0.336 e. The van der Waals surface area contributed by atoms with Crippen LogP contribution in [0.4, 0.5) is 0 Å². The number of hydrogen-bond donors (Lipinski definition) is 1. The van der Waals surface area contributed by atoms with Crippen LogP contribution in [-0.4, -0.2) is 29.7 Å². The lowest BCUT2D eigenvalue weighted by Crippen LogP contribution is -2.39. The number of nitrogens with one attached hydrogen (secondary N) is 1. The molecule has 7 nitrogen and oxygen atoms in total. The number of carbonyl (C=O) groups is 1. The van der Waals surface area contributed by atoms with E-state index >= 15 is 0 Å². The quantitative estimate of drug-likeness (QED) is 0.875. The lowest BCUT2D eigenvalue weighted by atomic mass is 9.90. The van der Waals surface area contributed by atoms with E-state index < -0.39 is 21.2 Å². The molecular formula is C18H25N3O4S. The number of pyridine rings is 1. The molecule has 1 fully saturated rings. The Hall–Kier alpha value is -1.96. The molecule has 2 heterocycles. The van der Waals surface area contributed by atoms with Crippen molar-refractivity contribution in [3.63, 3.8) is 0 Å². The summed E-state index contributed by atoms with van der Waals surface area (Å²) in [4.78, 5) is 16.6. The van der Waals surface area contributed by atoms with Crippen LogP contribution in [0.25, 0.3) is 11.1 Å². The van der Waals surface area contributed by atoms with Crippen molar-refractivity contribution in [2.45, 2.75) is 64.5 Å². The second-order valence-corrected chi connectivity index (χ2v) is 10.1. The minimum atomic E-state index is -3.68. The second kappa shape index (κ2) is 6.98. The molecule has 1 aliphatic rings. The van der Waals surface area contributed by atoms with E-state index in [1.807, 2.05) is 0 Å². The largest absolute Gasteiger partial charge is 0.336 e. The van der Waals surface area contributed by atoms with Crippen LogP contribution in [0, 0.1) is 5.41 Å². The number of fused-ring (bicyclic) bond motifs is 1. The molecule has 0 radical (unpaired) electrons. The van der Waals surface area contributed by atoms with Gasteiger partial charge in [0.25, 0.3) is 11.6 Å². The molecule has 0 spiro atoms. The van der Waals surface area contributed by atoms with Crippen molar-refractivity contribution in [3.05, 3.63) is 23.5 Å². The van der Waals surface area contributed by atoms with Gasteiger partial charge in [0.15, 0.2) is 0 Å².